The summed E-state index contributed by atoms with van der Waals surface area (Å²) in [6.45, 7) is 6.36. The Morgan fingerprint density at radius 2 is 1.86 bits per heavy atom. The van der Waals surface area contributed by atoms with E-state index >= 15 is 0 Å². The fraction of sp³-hybridized carbons (Fsp3) is 1.00. The van der Waals surface area contributed by atoms with E-state index in [1.807, 2.05) is 0 Å². The van der Waals surface area contributed by atoms with Gasteiger partial charge in [0.1, 0.15) is 0 Å². The fourth-order valence-corrected chi connectivity index (χ4v) is 0.712. The monoisotopic (exact) mass is 116 g/mol. The molecule has 2 heteroatoms. The van der Waals surface area contributed by atoms with Crippen LogP contribution in [0.2, 0.25) is 6.04 Å². The van der Waals surface area contributed by atoms with Gasteiger partial charge < -0.3 is 4.80 Å². The van der Waals surface area contributed by atoms with E-state index in [0.29, 0.717) is 5.41 Å². The second kappa shape index (κ2) is 2.48. The van der Waals surface area contributed by atoms with Gasteiger partial charge in [0.15, 0.2) is 0 Å². The summed E-state index contributed by atoms with van der Waals surface area (Å²) in [5.41, 5.74) is 0.313. The smallest absolute Gasteiger partial charge is 0.224 e. The maximum absolute atomic E-state index is 8.43. The highest BCUT2D eigenvalue weighted by Gasteiger charge is 2.08. The zero-order chi connectivity index (χ0) is 5.91. The van der Waals surface area contributed by atoms with Crippen LogP contribution in [0.5, 0.6) is 0 Å². The second-order valence-corrected chi connectivity index (χ2v) is 3.57. The lowest BCUT2D eigenvalue weighted by molar-refractivity contribution is 0.445. The molecule has 0 heterocycles. The van der Waals surface area contributed by atoms with Crippen LogP contribution in [0.15, 0.2) is 0 Å². The molecule has 0 bridgehead atoms. The van der Waals surface area contributed by atoms with E-state index in [-0.39, 0.29) is 9.76 Å². The molecule has 2 radical (unpaired) electrons. The largest absolute Gasteiger partial charge is 0.432 e. The van der Waals surface area contributed by atoms with Gasteiger partial charge in [0.25, 0.3) is 0 Å². The maximum atomic E-state index is 8.43. The van der Waals surface area contributed by atoms with E-state index in [4.69, 9.17) is 4.80 Å². The van der Waals surface area contributed by atoms with Gasteiger partial charge in [-0.3, -0.25) is 0 Å². The van der Waals surface area contributed by atoms with E-state index in [9.17, 15) is 0 Å². The van der Waals surface area contributed by atoms with Crippen molar-refractivity contribution in [3.8, 4) is 0 Å². The topological polar surface area (TPSA) is 20.2 Å². The van der Waals surface area contributed by atoms with Gasteiger partial charge in [0.05, 0.1) is 0 Å². The lowest BCUT2D eigenvalue weighted by Crippen LogP contribution is -2.07. The van der Waals surface area contributed by atoms with Crippen molar-refractivity contribution in [2.24, 2.45) is 5.41 Å². The minimum absolute atomic E-state index is 0.109. The number of rotatable bonds is 1. The SMILES string of the molecule is CC(C)(C)C[Si]O. The molecule has 0 unspecified atom stereocenters. The van der Waals surface area contributed by atoms with Crippen LogP contribution in [-0.2, 0) is 0 Å². The molecule has 0 rings (SSSR count). The molecule has 0 aliphatic heterocycles. The molecule has 0 spiro atoms. The standard InChI is InChI=1S/C5H12OSi/c1-5(2,3)4-7-6/h6H,4H2,1-3H3. The normalized spacial score (nSPS) is 12.0. The van der Waals surface area contributed by atoms with Crippen LogP contribution >= 0.6 is 0 Å². The van der Waals surface area contributed by atoms with Gasteiger partial charge in [-0.15, -0.1) is 0 Å². The van der Waals surface area contributed by atoms with Gasteiger partial charge in [-0.2, -0.15) is 0 Å². The minimum atomic E-state index is 0.109. The molecule has 0 aliphatic carbocycles. The average molecular weight is 116 g/mol. The lowest BCUT2D eigenvalue weighted by Gasteiger charge is -2.13. The highest BCUT2D eigenvalue weighted by atomic mass is 28.2. The first-order valence-electron chi connectivity index (χ1n) is 2.43. The van der Waals surface area contributed by atoms with Gasteiger partial charge >= 0.3 is 0 Å². The van der Waals surface area contributed by atoms with Crippen molar-refractivity contribution in [1.29, 1.82) is 0 Å². The zero-order valence-corrected chi connectivity index (χ0v) is 6.15. The van der Waals surface area contributed by atoms with Crippen LogP contribution < -0.4 is 0 Å². The van der Waals surface area contributed by atoms with Crippen LogP contribution in [0.25, 0.3) is 0 Å². The zero-order valence-electron chi connectivity index (χ0n) is 5.15. The Balaban J connectivity index is 3.15. The van der Waals surface area contributed by atoms with Crippen molar-refractivity contribution in [3.63, 3.8) is 0 Å². The quantitative estimate of drug-likeness (QED) is 0.508. The predicted octanol–water partition coefficient (Wildman–Crippen LogP) is 1.06. The summed E-state index contributed by atoms with van der Waals surface area (Å²) in [6, 6.07) is 0.924. The van der Waals surface area contributed by atoms with Gasteiger partial charge in [-0.25, -0.2) is 0 Å². The summed E-state index contributed by atoms with van der Waals surface area (Å²) in [7, 11) is 0.109. The highest BCUT2D eigenvalue weighted by molar-refractivity contribution is 6.25. The molecule has 1 N–H and O–H groups in total. The van der Waals surface area contributed by atoms with Crippen LogP contribution in [0.4, 0.5) is 0 Å². The lowest BCUT2D eigenvalue weighted by atomic mass is 10.0. The Hall–Kier alpha value is 0.177. The highest BCUT2D eigenvalue weighted by Crippen LogP contribution is 2.16. The Morgan fingerprint density at radius 1 is 1.43 bits per heavy atom. The maximum Gasteiger partial charge on any atom is 0.224 e. The summed E-state index contributed by atoms with van der Waals surface area (Å²) < 4.78 is 0. The molecule has 0 amide bonds. The molecule has 0 saturated heterocycles. The van der Waals surface area contributed by atoms with E-state index < -0.39 is 0 Å². The van der Waals surface area contributed by atoms with Gasteiger partial charge in [0, 0.05) is 0 Å². The summed E-state index contributed by atoms with van der Waals surface area (Å²) in [5, 5.41) is 0. The van der Waals surface area contributed by atoms with E-state index in [1.54, 1.807) is 0 Å². The molecule has 42 valence electrons. The first-order chi connectivity index (χ1) is 3.06. The summed E-state index contributed by atoms with van der Waals surface area (Å²) in [6.07, 6.45) is 0. The Bertz CT molecular complexity index is 46.5. The summed E-state index contributed by atoms with van der Waals surface area (Å²) in [4.78, 5) is 8.43. The minimum Gasteiger partial charge on any atom is -0.432 e. The Labute approximate surface area is 47.7 Å². The van der Waals surface area contributed by atoms with Crippen LogP contribution in [-0.4, -0.2) is 14.6 Å². The summed E-state index contributed by atoms with van der Waals surface area (Å²) >= 11 is 0. The van der Waals surface area contributed by atoms with E-state index in [0.717, 1.165) is 6.04 Å². The van der Waals surface area contributed by atoms with Crippen LogP contribution in [0.3, 0.4) is 0 Å². The summed E-state index contributed by atoms with van der Waals surface area (Å²) in [5.74, 6) is 0. The molecule has 0 fully saturated rings. The molecule has 0 aromatic carbocycles. The van der Waals surface area contributed by atoms with Gasteiger partial charge in [-0.1, -0.05) is 20.8 Å². The van der Waals surface area contributed by atoms with E-state index in [2.05, 4.69) is 20.8 Å². The first-order valence-corrected chi connectivity index (χ1v) is 3.59. The molecule has 0 atom stereocenters. The molecular weight excluding hydrogens is 104 g/mol. The van der Waals surface area contributed by atoms with Crippen LogP contribution in [0, 0.1) is 5.41 Å². The molecule has 0 aromatic rings. The average Bonchev–Trinajstić information content (AvgIpc) is 1.30. The number of hydrogen-bond acceptors (Lipinski definition) is 1. The number of hydrogen-bond donors (Lipinski definition) is 1. The molecular formula is C5H12OSi. The van der Waals surface area contributed by atoms with E-state index in [1.165, 1.54) is 0 Å². The van der Waals surface area contributed by atoms with Gasteiger partial charge in [-0.05, 0) is 11.5 Å². The van der Waals surface area contributed by atoms with Crippen molar-refractivity contribution in [2.45, 2.75) is 26.8 Å². The fourth-order valence-electron chi connectivity index (χ4n) is 0.237. The van der Waals surface area contributed by atoms with Crippen molar-refractivity contribution in [3.05, 3.63) is 0 Å². The van der Waals surface area contributed by atoms with Crippen molar-refractivity contribution >= 4 is 9.76 Å². The predicted molar refractivity (Wildman–Crippen MR) is 32.2 cm³/mol. The third-order valence-electron chi connectivity index (χ3n) is 0.609. The second-order valence-electron chi connectivity index (χ2n) is 2.90. The molecule has 1 nitrogen and oxygen atoms in total. The Kier molecular flexibility index (Phi) is 2.54. The van der Waals surface area contributed by atoms with Gasteiger partial charge in [0.2, 0.25) is 9.76 Å². The van der Waals surface area contributed by atoms with Crippen molar-refractivity contribution < 1.29 is 4.80 Å². The Morgan fingerprint density at radius 3 is 1.86 bits per heavy atom. The third-order valence-corrected chi connectivity index (χ3v) is 1.83. The third kappa shape index (κ3) is 6.18. The van der Waals surface area contributed by atoms with Crippen LogP contribution in [0.1, 0.15) is 20.8 Å². The first kappa shape index (κ1) is 7.18. The molecule has 0 aromatic heterocycles. The van der Waals surface area contributed by atoms with Crippen molar-refractivity contribution in [1.82, 2.24) is 0 Å². The molecule has 7 heavy (non-hydrogen) atoms. The van der Waals surface area contributed by atoms with Crippen molar-refractivity contribution in [2.75, 3.05) is 0 Å². The molecule has 0 aliphatic rings. The molecule has 0 saturated carbocycles.